The van der Waals surface area contributed by atoms with Crippen molar-refractivity contribution in [1.29, 1.82) is 0 Å². The molecule has 2 aromatic carbocycles. The number of amides is 2. The second-order valence-corrected chi connectivity index (χ2v) is 8.28. The first-order valence-corrected chi connectivity index (χ1v) is 10.9. The molecule has 6 nitrogen and oxygen atoms in total. The molecule has 30 heavy (non-hydrogen) atoms. The molecule has 1 fully saturated rings. The van der Waals surface area contributed by atoms with Gasteiger partial charge in [0.05, 0.1) is 0 Å². The number of halogens is 1. The Morgan fingerprint density at radius 1 is 0.867 bits per heavy atom. The Kier molecular flexibility index (Phi) is 7.85. The number of rotatable bonds is 7. The molecule has 1 saturated heterocycles. The van der Waals surface area contributed by atoms with Crippen LogP contribution in [0.4, 0.5) is 11.4 Å². The Morgan fingerprint density at radius 2 is 1.40 bits per heavy atom. The molecule has 0 spiro atoms. The van der Waals surface area contributed by atoms with Crippen LogP contribution in [0.5, 0.6) is 0 Å². The molecule has 0 saturated carbocycles. The van der Waals surface area contributed by atoms with Crippen molar-refractivity contribution in [1.82, 2.24) is 0 Å². The topological polar surface area (TPSA) is 67.1 Å². The second-order valence-electron chi connectivity index (χ2n) is 7.87. The first-order chi connectivity index (χ1) is 14.5. The average Bonchev–Trinajstić information content (AvgIpc) is 2.73. The third-order valence-corrected chi connectivity index (χ3v) is 6.11. The Labute approximate surface area is 183 Å². The van der Waals surface area contributed by atoms with E-state index in [0.717, 1.165) is 55.1 Å². The fourth-order valence-corrected chi connectivity index (χ4v) is 4.02. The fourth-order valence-electron chi connectivity index (χ4n) is 3.85. The summed E-state index contributed by atoms with van der Waals surface area (Å²) in [5, 5.41) is 6.66. The highest BCUT2D eigenvalue weighted by Gasteiger charge is 2.26. The highest BCUT2D eigenvalue weighted by molar-refractivity contribution is 6.31. The maximum absolute atomic E-state index is 12.5. The molecular weight excluding hydrogens is 400 g/mol. The van der Waals surface area contributed by atoms with Gasteiger partial charge in [-0.25, -0.2) is 0 Å². The molecule has 1 heterocycles. The molecule has 1 aliphatic heterocycles. The summed E-state index contributed by atoms with van der Waals surface area (Å²) in [5.41, 5.74) is 3.70. The second kappa shape index (κ2) is 10.6. The quantitative estimate of drug-likeness (QED) is 0.519. The number of para-hydroxylation sites is 1. The molecule has 7 heteroatoms. The van der Waals surface area contributed by atoms with Crippen LogP contribution in [0.25, 0.3) is 0 Å². The minimum atomic E-state index is -0.00673. The molecule has 0 radical (unpaired) electrons. The number of piperazine rings is 1. The van der Waals surface area contributed by atoms with Crippen LogP contribution < -0.4 is 20.4 Å². The monoisotopic (exact) mass is 430 g/mol. The smallest absolute Gasteiger partial charge is 0.279 e. The van der Waals surface area contributed by atoms with Gasteiger partial charge in [-0.15, -0.1) is 0 Å². The van der Waals surface area contributed by atoms with Crippen molar-refractivity contribution in [2.45, 2.75) is 20.3 Å². The lowest BCUT2D eigenvalue weighted by atomic mass is 10.1. The molecule has 2 amide bonds. The largest absolute Gasteiger partial charge is 0.321 e. The van der Waals surface area contributed by atoms with Crippen LogP contribution >= 0.6 is 11.6 Å². The third kappa shape index (κ3) is 6.05. The molecular formula is C23H31ClN4O2+2. The molecule has 3 rings (SSSR count). The van der Waals surface area contributed by atoms with E-state index in [1.54, 1.807) is 0 Å². The van der Waals surface area contributed by atoms with Gasteiger partial charge in [0.2, 0.25) is 0 Å². The molecule has 1 aliphatic rings. The van der Waals surface area contributed by atoms with Crippen molar-refractivity contribution in [2.24, 2.45) is 0 Å². The van der Waals surface area contributed by atoms with E-state index < -0.39 is 0 Å². The predicted molar refractivity (Wildman–Crippen MR) is 120 cm³/mol. The number of quaternary nitrogens is 2. The number of benzene rings is 2. The lowest BCUT2D eigenvalue weighted by Gasteiger charge is -2.29. The van der Waals surface area contributed by atoms with Gasteiger partial charge < -0.3 is 20.4 Å². The van der Waals surface area contributed by atoms with Crippen molar-refractivity contribution in [3.05, 3.63) is 58.6 Å². The van der Waals surface area contributed by atoms with E-state index in [-0.39, 0.29) is 11.8 Å². The summed E-state index contributed by atoms with van der Waals surface area (Å²) in [5.74, 6) is 0.0382. The zero-order valence-corrected chi connectivity index (χ0v) is 18.4. The SMILES string of the molecule is CCc1ccccc1NC(=O)C[NH+]1CC[NH+](CC(=O)Nc2cccc(Cl)c2C)CC1. The first kappa shape index (κ1) is 22.3. The van der Waals surface area contributed by atoms with Gasteiger partial charge in [0.1, 0.15) is 26.2 Å². The molecule has 0 unspecified atom stereocenters. The van der Waals surface area contributed by atoms with Gasteiger partial charge in [0, 0.05) is 16.4 Å². The van der Waals surface area contributed by atoms with E-state index in [9.17, 15) is 9.59 Å². The minimum absolute atomic E-state index is 0.00673. The van der Waals surface area contributed by atoms with Crippen molar-refractivity contribution in [3.8, 4) is 0 Å². The van der Waals surface area contributed by atoms with Gasteiger partial charge >= 0.3 is 0 Å². The van der Waals surface area contributed by atoms with Crippen LogP contribution in [0.1, 0.15) is 18.1 Å². The highest BCUT2D eigenvalue weighted by Crippen LogP contribution is 2.22. The molecule has 0 aromatic heterocycles. The molecule has 0 aliphatic carbocycles. The van der Waals surface area contributed by atoms with Gasteiger partial charge in [-0.2, -0.15) is 0 Å². The summed E-state index contributed by atoms with van der Waals surface area (Å²) in [4.78, 5) is 27.4. The van der Waals surface area contributed by atoms with E-state index in [1.807, 2.05) is 49.4 Å². The summed E-state index contributed by atoms with van der Waals surface area (Å²) >= 11 is 6.12. The summed E-state index contributed by atoms with van der Waals surface area (Å²) < 4.78 is 0. The average molecular weight is 431 g/mol. The van der Waals surface area contributed by atoms with Gasteiger partial charge in [-0.05, 0) is 42.7 Å². The number of anilines is 2. The lowest BCUT2D eigenvalue weighted by molar-refractivity contribution is -1.00. The zero-order valence-electron chi connectivity index (χ0n) is 17.7. The maximum atomic E-state index is 12.5. The van der Waals surface area contributed by atoms with E-state index in [4.69, 9.17) is 11.6 Å². The molecule has 0 atom stereocenters. The Morgan fingerprint density at radius 3 is 2.00 bits per heavy atom. The number of carbonyl (C=O) groups excluding carboxylic acids is 2. The maximum Gasteiger partial charge on any atom is 0.279 e. The van der Waals surface area contributed by atoms with Crippen molar-refractivity contribution in [2.75, 3.05) is 49.9 Å². The van der Waals surface area contributed by atoms with Crippen molar-refractivity contribution >= 4 is 34.8 Å². The number of hydrogen-bond acceptors (Lipinski definition) is 2. The predicted octanol–water partition coefficient (Wildman–Crippen LogP) is 0.571. The van der Waals surface area contributed by atoms with Gasteiger partial charge in [0.25, 0.3) is 11.8 Å². The van der Waals surface area contributed by atoms with E-state index in [2.05, 4.69) is 17.6 Å². The summed E-state index contributed by atoms with van der Waals surface area (Å²) in [6.07, 6.45) is 0.891. The van der Waals surface area contributed by atoms with E-state index >= 15 is 0 Å². The third-order valence-electron chi connectivity index (χ3n) is 5.70. The van der Waals surface area contributed by atoms with Gasteiger partial charge in [-0.3, -0.25) is 9.59 Å². The van der Waals surface area contributed by atoms with Gasteiger partial charge in [-0.1, -0.05) is 42.8 Å². The Hall–Kier alpha value is -2.41. The van der Waals surface area contributed by atoms with Crippen LogP contribution in [-0.4, -0.2) is 51.1 Å². The Bertz CT molecular complexity index is 895. The van der Waals surface area contributed by atoms with Crippen LogP contribution in [-0.2, 0) is 16.0 Å². The normalized spacial score (nSPS) is 18.6. The number of carbonyl (C=O) groups is 2. The summed E-state index contributed by atoms with van der Waals surface area (Å²) in [6, 6.07) is 13.5. The molecule has 0 bridgehead atoms. The van der Waals surface area contributed by atoms with Crippen molar-refractivity contribution < 1.29 is 19.4 Å². The fraction of sp³-hybridized carbons (Fsp3) is 0.391. The highest BCUT2D eigenvalue weighted by atomic mass is 35.5. The Balaban J connectivity index is 1.42. The zero-order chi connectivity index (χ0) is 21.5. The number of hydrogen-bond donors (Lipinski definition) is 4. The molecule has 160 valence electrons. The van der Waals surface area contributed by atoms with E-state index in [0.29, 0.717) is 18.1 Å². The molecule has 4 N–H and O–H groups in total. The lowest BCUT2D eigenvalue weighted by Crippen LogP contribution is -3.28. The number of aryl methyl sites for hydroxylation is 1. The van der Waals surface area contributed by atoms with Crippen LogP contribution in [0, 0.1) is 6.92 Å². The van der Waals surface area contributed by atoms with Crippen LogP contribution in [0.15, 0.2) is 42.5 Å². The summed E-state index contributed by atoms with van der Waals surface area (Å²) in [6.45, 7) is 8.36. The van der Waals surface area contributed by atoms with E-state index in [1.165, 1.54) is 9.80 Å². The number of nitrogens with one attached hydrogen (secondary N) is 4. The first-order valence-electron chi connectivity index (χ1n) is 10.6. The molecule has 2 aromatic rings. The summed E-state index contributed by atoms with van der Waals surface area (Å²) in [7, 11) is 0. The van der Waals surface area contributed by atoms with Crippen molar-refractivity contribution in [3.63, 3.8) is 0 Å². The van der Waals surface area contributed by atoms with Crippen LogP contribution in [0.2, 0.25) is 5.02 Å². The standard InChI is InChI=1S/C23H29ClN4O2/c1-3-18-7-4-5-9-21(18)26-23(30)16-28-13-11-27(12-14-28)15-22(29)25-20-10-6-8-19(24)17(20)2/h4-10H,3,11-16H2,1-2H3,(H,25,29)(H,26,30)/p+2. The minimum Gasteiger partial charge on any atom is -0.321 e. The van der Waals surface area contributed by atoms with Crippen LogP contribution in [0.3, 0.4) is 0 Å². The van der Waals surface area contributed by atoms with Gasteiger partial charge in [0.15, 0.2) is 13.1 Å².